The number of nitrogens with zero attached hydrogens (tertiary/aromatic N) is 4. The van der Waals surface area contributed by atoms with Crippen LogP contribution in [0, 0.1) is 0 Å². The van der Waals surface area contributed by atoms with Crippen molar-refractivity contribution in [1.29, 1.82) is 0 Å². The predicted octanol–water partition coefficient (Wildman–Crippen LogP) is 4.05. The average molecular weight is 376 g/mol. The summed E-state index contributed by atoms with van der Waals surface area (Å²) in [5.41, 5.74) is 0.800. The third kappa shape index (κ3) is 4.36. The fourth-order valence-electron chi connectivity index (χ4n) is 1.50. The first-order chi connectivity index (χ1) is 10.3. The number of thiophene rings is 1. The Labute approximate surface area is 142 Å². The number of hydrogen-bond donors (Lipinski definition) is 1. The summed E-state index contributed by atoms with van der Waals surface area (Å²) < 4.78 is 5.35. The Bertz CT molecular complexity index is 680. The number of halogens is 1. The molecule has 0 unspecified atom stereocenters. The summed E-state index contributed by atoms with van der Waals surface area (Å²) in [5, 5.41) is 18.5. The van der Waals surface area contributed by atoms with Crippen LogP contribution in [0.25, 0.3) is 0 Å². The zero-order valence-electron chi connectivity index (χ0n) is 10.7. The van der Waals surface area contributed by atoms with E-state index in [1.165, 1.54) is 16.4 Å². The number of hydrogen-bond acceptors (Lipinski definition) is 9. The van der Waals surface area contributed by atoms with Crippen LogP contribution < -0.4 is 5.32 Å². The molecule has 0 aliphatic rings. The monoisotopic (exact) mass is 375 g/mol. The molecule has 3 heterocycles. The van der Waals surface area contributed by atoms with Crippen LogP contribution in [-0.2, 0) is 12.2 Å². The van der Waals surface area contributed by atoms with Gasteiger partial charge in [-0.2, -0.15) is 0 Å². The van der Waals surface area contributed by atoms with Gasteiger partial charge in [0.15, 0.2) is 4.34 Å². The van der Waals surface area contributed by atoms with E-state index in [-0.39, 0.29) is 0 Å². The molecule has 5 nitrogen and oxygen atoms in total. The summed E-state index contributed by atoms with van der Waals surface area (Å²) in [4.78, 5) is 1.37. The molecule has 0 saturated heterocycles. The molecule has 0 saturated carbocycles. The van der Waals surface area contributed by atoms with Crippen LogP contribution in [-0.4, -0.2) is 26.3 Å². The Morgan fingerprint density at radius 1 is 1.29 bits per heavy atom. The minimum Gasteiger partial charge on any atom is -0.360 e. The van der Waals surface area contributed by atoms with E-state index in [1.54, 1.807) is 34.4 Å². The number of thioether (sulfide) groups is 1. The Morgan fingerprint density at radius 2 is 2.24 bits per heavy atom. The van der Waals surface area contributed by atoms with Gasteiger partial charge in [-0.25, -0.2) is 0 Å². The van der Waals surface area contributed by atoms with Crippen LogP contribution in [0.4, 0.5) is 5.13 Å². The van der Waals surface area contributed by atoms with Gasteiger partial charge in [0.25, 0.3) is 0 Å². The molecule has 0 atom stereocenters. The van der Waals surface area contributed by atoms with Crippen molar-refractivity contribution in [2.75, 3.05) is 11.9 Å². The molecule has 110 valence electrons. The maximum Gasteiger partial charge on any atom is 0.206 e. The standard InChI is InChI=1S/C11H10ClN5S4/c12-9-8(14-17-21-9)6-19-11-16-15-10(20-11)13-4-3-7-2-1-5-18-7/h1-2,5H,3-4,6H2,(H,13,15). The molecule has 0 bridgehead atoms. The van der Waals surface area contributed by atoms with Crippen molar-refractivity contribution in [3.63, 3.8) is 0 Å². The number of anilines is 1. The van der Waals surface area contributed by atoms with E-state index >= 15 is 0 Å². The summed E-state index contributed by atoms with van der Waals surface area (Å²) in [6.45, 7) is 0.863. The second-order valence-electron chi connectivity index (χ2n) is 3.91. The van der Waals surface area contributed by atoms with E-state index in [0.29, 0.717) is 10.1 Å². The van der Waals surface area contributed by atoms with Gasteiger partial charge in [0, 0.05) is 28.7 Å². The highest BCUT2D eigenvalue weighted by molar-refractivity contribution is 8.00. The minimum atomic E-state index is 0.640. The molecule has 1 N–H and O–H groups in total. The van der Waals surface area contributed by atoms with Crippen LogP contribution in [0.1, 0.15) is 10.6 Å². The first kappa shape index (κ1) is 15.2. The molecule has 3 rings (SSSR count). The second-order valence-corrected chi connectivity index (χ2v) is 8.50. The van der Waals surface area contributed by atoms with Gasteiger partial charge in [-0.1, -0.05) is 45.3 Å². The number of rotatable bonds is 7. The van der Waals surface area contributed by atoms with Crippen LogP contribution in [0.5, 0.6) is 0 Å². The van der Waals surface area contributed by atoms with Gasteiger partial charge in [0.1, 0.15) is 10.0 Å². The van der Waals surface area contributed by atoms with Crippen molar-refractivity contribution in [3.8, 4) is 0 Å². The average Bonchev–Trinajstić information content (AvgIpc) is 3.19. The molecule has 0 spiro atoms. The van der Waals surface area contributed by atoms with Gasteiger partial charge in [-0.15, -0.1) is 26.6 Å². The zero-order chi connectivity index (χ0) is 14.5. The Kier molecular flexibility index (Phi) is 5.42. The quantitative estimate of drug-likeness (QED) is 0.628. The molecule has 3 aromatic heterocycles. The first-order valence-electron chi connectivity index (χ1n) is 6.00. The van der Waals surface area contributed by atoms with Crippen molar-refractivity contribution in [3.05, 3.63) is 32.4 Å². The van der Waals surface area contributed by atoms with Crippen molar-refractivity contribution >= 4 is 62.7 Å². The molecular weight excluding hydrogens is 366 g/mol. The molecular formula is C11H10ClN5S4. The van der Waals surface area contributed by atoms with Crippen LogP contribution in [0.15, 0.2) is 21.9 Å². The SMILES string of the molecule is Clc1snnc1CSc1nnc(NCCc2cccs2)s1. The third-order valence-corrected chi connectivity index (χ3v) is 6.42. The lowest BCUT2D eigenvalue weighted by molar-refractivity contribution is 0.979. The van der Waals surface area contributed by atoms with E-state index in [0.717, 1.165) is 28.1 Å². The minimum absolute atomic E-state index is 0.640. The lowest BCUT2D eigenvalue weighted by Crippen LogP contribution is -2.03. The summed E-state index contributed by atoms with van der Waals surface area (Å²) in [5.74, 6) is 0.666. The molecule has 0 aliphatic heterocycles. The van der Waals surface area contributed by atoms with Gasteiger partial charge < -0.3 is 5.32 Å². The Hall–Kier alpha value is -0.740. The fraction of sp³-hybridized carbons (Fsp3) is 0.273. The van der Waals surface area contributed by atoms with Gasteiger partial charge in [-0.3, -0.25) is 0 Å². The molecule has 10 heteroatoms. The van der Waals surface area contributed by atoms with Crippen molar-refractivity contribution < 1.29 is 0 Å². The highest BCUT2D eigenvalue weighted by Gasteiger charge is 2.09. The van der Waals surface area contributed by atoms with Gasteiger partial charge in [-0.05, 0) is 17.9 Å². The number of aromatic nitrogens is 4. The van der Waals surface area contributed by atoms with Crippen LogP contribution in [0.3, 0.4) is 0 Å². The van der Waals surface area contributed by atoms with Gasteiger partial charge >= 0.3 is 0 Å². The summed E-state index contributed by atoms with van der Waals surface area (Å²) >= 11 is 12.1. The van der Waals surface area contributed by atoms with Crippen molar-refractivity contribution in [2.45, 2.75) is 16.5 Å². The summed E-state index contributed by atoms with van der Waals surface area (Å²) in [6, 6.07) is 4.21. The highest BCUT2D eigenvalue weighted by Crippen LogP contribution is 2.30. The van der Waals surface area contributed by atoms with Gasteiger partial charge in [0.2, 0.25) is 5.13 Å². The second kappa shape index (κ2) is 7.50. The maximum atomic E-state index is 5.96. The molecule has 3 aromatic rings. The Morgan fingerprint density at radius 3 is 3.00 bits per heavy atom. The van der Waals surface area contributed by atoms with E-state index in [2.05, 4.69) is 42.6 Å². The van der Waals surface area contributed by atoms with Crippen LogP contribution in [0.2, 0.25) is 4.34 Å². The lowest BCUT2D eigenvalue weighted by Gasteiger charge is -1.99. The Balaban J connectivity index is 1.46. The first-order valence-corrected chi connectivity index (χ1v) is 9.84. The van der Waals surface area contributed by atoms with E-state index in [4.69, 9.17) is 11.6 Å². The predicted molar refractivity (Wildman–Crippen MR) is 90.9 cm³/mol. The molecule has 0 amide bonds. The van der Waals surface area contributed by atoms with E-state index < -0.39 is 0 Å². The molecule has 21 heavy (non-hydrogen) atoms. The molecule has 0 aliphatic carbocycles. The van der Waals surface area contributed by atoms with Gasteiger partial charge in [0.05, 0.1) is 0 Å². The van der Waals surface area contributed by atoms with Crippen LogP contribution >= 0.6 is 57.6 Å². The topological polar surface area (TPSA) is 63.6 Å². The van der Waals surface area contributed by atoms with Crippen molar-refractivity contribution in [2.24, 2.45) is 0 Å². The zero-order valence-corrected chi connectivity index (χ0v) is 14.7. The molecule has 0 radical (unpaired) electrons. The highest BCUT2D eigenvalue weighted by atomic mass is 35.5. The summed E-state index contributed by atoms with van der Waals surface area (Å²) in [7, 11) is 0. The summed E-state index contributed by atoms with van der Waals surface area (Å²) in [6.07, 6.45) is 1.000. The lowest BCUT2D eigenvalue weighted by atomic mass is 10.3. The number of nitrogens with one attached hydrogen (secondary N) is 1. The normalized spacial score (nSPS) is 10.9. The largest absolute Gasteiger partial charge is 0.360 e. The van der Waals surface area contributed by atoms with Crippen molar-refractivity contribution in [1.82, 2.24) is 19.8 Å². The molecule has 0 aromatic carbocycles. The third-order valence-electron chi connectivity index (χ3n) is 2.48. The van der Waals surface area contributed by atoms with E-state index in [1.807, 2.05) is 0 Å². The van der Waals surface area contributed by atoms with E-state index in [9.17, 15) is 0 Å². The maximum absolute atomic E-state index is 5.96. The smallest absolute Gasteiger partial charge is 0.206 e. The fourth-order valence-corrected chi connectivity index (χ4v) is 4.72. The molecule has 0 fully saturated rings.